The molecule has 0 aromatic rings. The van der Waals surface area contributed by atoms with Crippen LogP contribution >= 0.6 is 0 Å². The van der Waals surface area contributed by atoms with Crippen LogP contribution in [-0.4, -0.2) is 179 Å². The lowest BCUT2D eigenvalue weighted by Gasteiger charge is -2.41. The van der Waals surface area contributed by atoms with Crippen molar-refractivity contribution in [3.63, 3.8) is 0 Å². The van der Waals surface area contributed by atoms with E-state index in [1.165, 1.54) is 12.2 Å². The molecule has 0 aromatic carbocycles. The summed E-state index contributed by atoms with van der Waals surface area (Å²) in [6, 6.07) is 0. The number of esters is 4. The predicted octanol–water partition coefficient (Wildman–Crippen LogP) is -0.890. The number of rotatable bonds is 19. The highest BCUT2D eigenvalue weighted by molar-refractivity contribution is 5.91. The maximum atomic E-state index is 13.2. The highest BCUT2D eigenvalue weighted by atomic mass is 16.8. The number of carbonyl (C=O) groups is 4. The topological polar surface area (TPSA) is 322 Å². The lowest BCUT2D eigenvalue weighted by molar-refractivity contribution is -0.327. The van der Waals surface area contributed by atoms with E-state index in [-0.39, 0.29) is 48.3 Å². The lowest BCUT2D eigenvalue weighted by Crippen LogP contribution is -2.60. The number of hydrogen-bond acceptors (Lipinski definition) is 22. The van der Waals surface area contributed by atoms with E-state index in [2.05, 4.69) is 0 Å². The number of ether oxygens (including phenoxy) is 10. The van der Waals surface area contributed by atoms with Crippen LogP contribution in [0.25, 0.3) is 0 Å². The number of aliphatic hydroxyl groups is 8. The minimum Gasteiger partial charge on any atom is -0.468 e. The quantitative estimate of drug-likeness (QED) is 0.0442. The average molecular weight is 943 g/mol. The molecule has 4 aliphatic heterocycles. The Kier molecular flexibility index (Phi) is 20.9. The number of carbonyl (C=O) groups excluding carboxylic acids is 4. The molecule has 0 aliphatic carbocycles. The monoisotopic (exact) mass is 942 g/mol. The minimum atomic E-state index is -1.73. The predicted molar refractivity (Wildman–Crippen MR) is 222 cm³/mol. The van der Waals surface area contributed by atoms with Gasteiger partial charge in [0.05, 0.1) is 63.9 Å². The van der Waals surface area contributed by atoms with Gasteiger partial charge in [0.1, 0.15) is 62.0 Å². The first-order valence-electron chi connectivity index (χ1n) is 21.2. The van der Waals surface area contributed by atoms with Gasteiger partial charge in [0.2, 0.25) is 12.6 Å². The van der Waals surface area contributed by atoms with Crippen LogP contribution in [0, 0.1) is 11.8 Å². The van der Waals surface area contributed by atoms with Gasteiger partial charge >= 0.3 is 23.9 Å². The summed E-state index contributed by atoms with van der Waals surface area (Å²) in [7, 11) is 2.31. The molecule has 4 aliphatic rings. The molecule has 0 unspecified atom stereocenters. The van der Waals surface area contributed by atoms with Gasteiger partial charge in [0.25, 0.3) is 0 Å². The van der Waals surface area contributed by atoms with Crippen LogP contribution in [0.1, 0.15) is 53.4 Å². The number of allylic oxidation sites excluding steroid dienone is 4. The molecule has 22 heteroatoms. The summed E-state index contributed by atoms with van der Waals surface area (Å²) in [5, 5.41) is 80.7. The fraction of sp³-hybridized carbons (Fsp3) is 0.636. The zero-order valence-corrected chi connectivity index (χ0v) is 37.5. The Labute approximate surface area is 380 Å². The molecule has 0 aromatic heterocycles. The van der Waals surface area contributed by atoms with Gasteiger partial charge in [-0.3, -0.25) is 9.59 Å². The average Bonchev–Trinajstić information content (AvgIpc) is 3.30. The standard InChI is InChI=1S/C44H62O22/c1-7-23-25(27(39(55)57-5)19-61-41(23)65-43-37(53)35(51)33(49)29(16-45)63-43)14-31(47)59-13-12-21(3)10-9-11-22(4)18-60-32(48)15-26-24(8-2)42(62-20-28(26)40(56)58-6)66-44-38(54)36(52)34(50)30(17-46)64-44/h7-8,11-12,19-20,25-26,29-30,33-38,41-46,49-54H,9-10,13-18H2,1-6H3/b21-12+,22-11+,23-7+,24-8+/t25-,26-,29+,30+,33+,34+,35-,36-,37+,38+,41-,42-,43-,44-/m0/s1. The van der Waals surface area contributed by atoms with Crippen molar-refractivity contribution in [1.82, 2.24) is 0 Å². The molecule has 14 atom stereocenters. The number of aliphatic hydroxyl groups excluding tert-OH is 8. The molecule has 2 saturated heterocycles. The van der Waals surface area contributed by atoms with E-state index in [9.17, 15) is 60.0 Å². The SMILES string of the molecule is C/C=C1/[C@H](O[C@@H]2O[C@H](CO)[C@@H](O)[C@H](O)[C@H]2O)OC=C(C(=O)OC)[C@H]1CC(=O)OC/C=C(\C)CC/C=C(\C)COC(=O)C[C@@H]1C(C(=O)OC)=CO[C@@H](O[C@@H]2O[C@H](CO)[C@@H](O)[C@H](O)[C@H]2O)/C1=C/C. The smallest absolute Gasteiger partial charge is 0.337 e. The summed E-state index contributed by atoms with van der Waals surface area (Å²) in [5.74, 6) is -4.82. The highest BCUT2D eigenvalue weighted by Gasteiger charge is 2.48. The third-order valence-corrected chi connectivity index (χ3v) is 11.4. The first-order chi connectivity index (χ1) is 31.4. The minimum absolute atomic E-state index is 0.0151. The molecule has 66 heavy (non-hydrogen) atoms. The van der Waals surface area contributed by atoms with Gasteiger partial charge in [-0.25, -0.2) is 9.59 Å². The van der Waals surface area contributed by atoms with Gasteiger partial charge in [-0.05, 0) is 52.2 Å². The fourth-order valence-corrected chi connectivity index (χ4v) is 7.48. The fourth-order valence-electron chi connectivity index (χ4n) is 7.48. The molecule has 0 bridgehead atoms. The second-order valence-electron chi connectivity index (χ2n) is 15.8. The first kappa shape index (κ1) is 54.0. The first-order valence-corrected chi connectivity index (χ1v) is 21.2. The molecule has 2 fully saturated rings. The van der Waals surface area contributed by atoms with Crippen LogP contribution in [0.3, 0.4) is 0 Å². The van der Waals surface area contributed by atoms with E-state index in [4.69, 9.17) is 47.4 Å². The molecule has 4 rings (SSSR count). The highest BCUT2D eigenvalue weighted by Crippen LogP contribution is 2.38. The summed E-state index contributed by atoms with van der Waals surface area (Å²) in [5.41, 5.74) is 2.10. The van der Waals surface area contributed by atoms with Gasteiger partial charge in [-0.1, -0.05) is 23.8 Å². The Hall–Kier alpha value is -4.56. The largest absolute Gasteiger partial charge is 0.468 e. The summed E-state index contributed by atoms with van der Waals surface area (Å²) < 4.78 is 54.4. The van der Waals surface area contributed by atoms with E-state index in [1.807, 2.05) is 13.0 Å². The molecule has 370 valence electrons. The Morgan fingerprint density at radius 1 is 0.621 bits per heavy atom. The third kappa shape index (κ3) is 13.5. The van der Waals surface area contributed by atoms with Crippen molar-refractivity contribution in [3.8, 4) is 0 Å². The van der Waals surface area contributed by atoms with Crippen LogP contribution in [0.2, 0.25) is 0 Å². The van der Waals surface area contributed by atoms with E-state index < -0.39 is 123 Å². The second-order valence-corrected chi connectivity index (χ2v) is 15.8. The normalized spacial score (nSPS) is 34.1. The van der Waals surface area contributed by atoms with Gasteiger partial charge < -0.3 is 88.2 Å². The van der Waals surface area contributed by atoms with E-state index in [0.717, 1.165) is 32.3 Å². The van der Waals surface area contributed by atoms with Crippen molar-refractivity contribution < 1.29 is 107 Å². The molecule has 22 nitrogen and oxygen atoms in total. The summed E-state index contributed by atoms with van der Waals surface area (Å²) in [6.07, 6.45) is -9.23. The Balaban J connectivity index is 1.28. The van der Waals surface area contributed by atoms with Crippen molar-refractivity contribution in [1.29, 1.82) is 0 Å². The van der Waals surface area contributed by atoms with Crippen molar-refractivity contribution in [2.45, 2.75) is 127 Å². The van der Waals surface area contributed by atoms with Gasteiger partial charge in [0.15, 0.2) is 12.6 Å². The number of hydrogen-bond donors (Lipinski definition) is 8. The van der Waals surface area contributed by atoms with Crippen LogP contribution in [-0.2, 0) is 66.5 Å². The van der Waals surface area contributed by atoms with Crippen molar-refractivity contribution in [2.24, 2.45) is 11.8 Å². The Morgan fingerprint density at radius 3 is 1.47 bits per heavy atom. The van der Waals surface area contributed by atoms with Gasteiger partial charge in [-0.15, -0.1) is 0 Å². The zero-order valence-electron chi connectivity index (χ0n) is 37.5. The Morgan fingerprint density at radius 2 is 1.06 bits per heavy atom. The summed E-state index contributed by atoms with van der Waals surface area (Å²) >= 11 is 0. The zero-order chi connectivity index (χ0) is 48.8. The van der Waals surface area contributed by atoms with E-state index in [1.54, 1.807) is 26.8 Å². The molecular formula is C44H62O22. The molecule has 4 heterocycles. The van der Waals surface area contributed by atoms with E-state index >= 15 is 0 Å². The van der Waals surface area contributed by atoms with E-state index in [0.29, 0.717) is 18.4 Å². The van der Waals surface area contributed by atoms with Crippen molar-refractivity contribution in [2.75, 3.05) is 40.6 Å². The van der Waals surface area contributed by atoms with Gasteiger partial charge in [-0.2, -0.15) is 0 Å². The molecular weight excluding hydrogens is 880 g/mol. The summed E-state index contributed by atoms with van der Waals surface area (Å²) in [4.78, 5) is 51.6. The van der Waals surface area contributed by atoms with Gasteiger partial charge in [0, 0.05) is 23.0 Å². The third-order valence-electron chi connectivity index (χ3n) is 11.4. The molecule has 0 spiro atoms. The lowest BCUT2D eigenvalue weighted by atomic mass is 9.86. The molecule has 0 saturated carbocycles. The maximum Gasteiger partial charge on any atom is 0.337 e. The molecule has 0 amide bonds. The van der Waals surface area contributed by atoms with Crippen LogP contribution in [0.5, 0.6) is 0 Å². The van der Waals surface area contributed by atoms with Crippen LogP contribution < -0.4 is 0 Å². The molecule has 0 radical (unpaired) electrons. The molecule has 8 N–H and O–H groups in total. The number of methoxy groups -OCH3 is 2. The van der Waals surface area contributed by atoms with Crippen LogP contribution in [0.4, 0.5) is 0 Å². The summed E-state index contributed by atoms with van der Waals surface area (Å²) in [6.45, 7) is 5.25. The van der Waals surface area contributed by atoms with Crippen LogP contribution in [0.15, 0.2) is 70.3 Å². The second kappa shape index (κ2) is 25.5. The Bertz CT molecular complexity index is 1860. The maximum absolute atomic E-state index is 13.2. The van der Waals surface area contributed by atoms with Crippen molar-refractivity contribution in [3.05, 3.63) is 70.3 Å². The van der Waals surface area contributed by atoms with Crippen molar-refractivity contribution >= 4 is 23.9 Å².